The van der Waals surface area contributed by atoms with Crippen LogP contribution in [-0.2, 0) is 0 Å². The number of carbonyl (C=O) groups excluding carboxylic acids is 1. The number of rotatable bonds is 6. The van der Waals surface area contributed by atoms with Gasteiger partial charge in [-0.05, 0) is 75.4 Å². The molecule has 0 N–H and O–H groups in total. The van der Waals surface area contributed by atoms with Gasteiger partial charge in [0, 0.05) is 35.7 Å². The number of carbonyl (C=O) groups is 1. The molecule has 1 aliphatic carbocycles. The quantitative estimate of drug-likeness (QED) is 0.778. The van der Waals surface area contributed by atoms with Gasteiger partial charge in [-0.1, -0.05) is 6.92 Å². The first-order valence-corrected chi connectivity index (χ1v) is 8.64. The Labute approximate surface area is 138 Å². The van der Waals surface area contributed by atoms with Crippen molar-refractivity contribution in [1.82, 2.24) is 9.47 Å². The topological polar surface area (TPSA) is 25.2 Å². The molecule has 0 atom stereocenters. The Morgan fingerprint density at radius 1 is 1.09 bits per heavy atom. The van der Waals surface area contributed by atoms with E-state index in [1.54, 1.807) is 0 Å². The van der Waals surface area contributed by atoms with Gasteiger partial charge in [-0.3, -0.25) is 4.79 Å². The second-order valence-corrected chi connectivity index (χ2v) is 6.69. The highest BCUT2D eigenvalue weighted by atomic mass is 16.2. The number of amides is 1. The highest BCUT2D eigenvalue weighted by molar-refractivity contribution is 5.94. The number of hydrogen-bond donors (Lipinski definition) is 0. The third-order valence-electron chi connectivity index (χ3n) is 4.60. The standard InChI is InChI=1S/C20H26N2O/c1-4-13-21(14-17-7-8-17)20(23)18-9-11-19(12-10-18)22-15(2)5-6-16(22)3/h5-6,9-12,17H,4,7-8,13-14H2,1-3H3. The molecule has 0 radical (unpaired) electrons. The summed E-state index contributed by atoms with van der Waals surface area (Å²) in [5, 5.41) is 0. The van der Waals surface area contributed by atoms with E-state index in [-0.39, 0.29) is 5.91 Å². The lowest BCUT2D eigenvalue weighted by molar-refractivity contribution is 0.0748. The Balaban J connectivity index is 1.79. The second kappa shape index (κ2) is 6.61. The van der Waals surface area contributed by atoms with Crippen molar-refractivity contribution in [1.29, 1.82) is 0 Å². The molecular weight excluding hydrogens is 284 g/mol. The maximum absolute atomic E-state index is 12.7. The summed E-state index contributed by atoms with van der Waals surface area (Å²) in [5.41, 5.74) is 4.34. The first-order valence-electron chi connectivity index (χ1n) is 8.64. The number of aryl methyl sites for hydroxylation is 2. The summed E-state index contributed by atoms with van der Waals surface area (Å²) >= 11 is 0. The van der Waals surface area contributed by atoms with Crippen molar-refractivity contribution >= 4 is 5.91 Å². The van der Waals surface area contributed by atoms with Gasteiger partial charge in [-0.15, -0.1) is 0 Å². The average molecular weight is 310 g/mol. The lowest BCUT2D eigenvalue weighted by Gasteiger charge is -2.22. The Morgan fingerprint density at radius 2 is 1.70 bits per heavy atom. The largest absolute Gasteiger partial charge is 0.338 e. The fourth-order valence-corrected chi connectivity index (χ4v) is 3.17. The summed E-state index contributed by atoms with van der Waals surface area (Å²) in [4.78, 5) is 14.8. The lowest BCUT2D eigenvalue weighted by atomic mass is 10.1. The van der Waals surface area contributed by atoms with Crippen LogP contribution < -0.4 is 0 Å². The molecule has 1 fully saturated rings. The summed E-state index contributed by atoms with van der Waals surface area (Å²) < 4.78 is 2.21. The van der Waals surface area contributed by atoms with Crippen LogP contribution in [0.1, 0.15) is 47.9 Å². The summed E-state index contributed by atoms with van der Waals surface area (Å²) in [6.07, 6.45) is 3.57. The molecule has 1 aromatic carbocycles. The smallest absolute Gasteiger partial charge is 0.253 e. The first-order chi connectivity index (χ1) is 11.1. The van der Waals surface area contributed by atoms with Gasteiger partial charge in [0.15, 0.2) is 0 Å². The highest BCUT2D eigenvalue weighted by Gasteiger charge is 2.26. The summed E-state index contributed by atoms with van der Waals surface area (Å²) in [6.45, 7) is 8.11. The molecule has 1 heterocycles. The number of nitrogens with zero attached hydrogens (tertiary/aromatic N) is 2. The van der Waals surface area contributed by atoms with E-state index in [9.17, 15) is 4.79 Å². The fraction of sp³-hybridized carbons (Fsp3) is 0.450. The minimum atomic E-state index is 0.172. The van der Waals surface area contributed by atoms with Crippen molar-refractivity contribution in [3.05, 3.63) is 53.3 Å². The molecule has 1 aliphatic rings. The Bertz CT molecular complexity index is 661. The average Bonchev–Trinajstić information content (AvgIpc) is 3.31. The zero-order valence-electron chi connectivity index (χ0n) is 14.4. The number of hydrogen-bond acceptors (Lipinski definition) is 1. The van der Waals surface area contributed by atoms with E-state index in [2.05, 4.69) is 49.6 Å². The maximum atomic E-state index is 12.7. The van der Waals surface area contributed by atoms with Crippen LogP contribution in [0.2, 0.25) is 0 Å². The van der Waals surface area contributed by atoms with Crippen LogP contribution in [0.15, 0.2) is 36.4 Å². The molecule has 3 rings (SSSR count). The van der Waals surface area contributed by atoms with E-state index in [1.165, 1.54) is 24.2 Å². The highest BCUT2D eigenvalue weighted by Crippen LogP contribution is 2.30. The molecule has 3 nitrogen and oxygen atoms in total. The van der Waals surface area contributed by atoms with E-state index >= 15 is 0 Å². The van der Waals surface area contributed by atoms with Crippen molar-refractivity contribution in [2.75, 3.05) is 13.1 Å². The third kappa shape index (κ3) is 3.49. The minimum Gasteiger partial charge on any atom is -0.338 e. The van der Waals surface area contributed by atoms with Crippen LogP contribution in [0.4, 0.5) is 0 Å². The molecule has 2 aromatic rings. The van der Waals surface area contributed by atoms with E-state index in [1.807, 2.05) is 17.0 Å². The van der Waals surface area contributed by atoms with Crippen LogP contribution in [-0.4, -0.2) is 28.5 Å². The Hall–Kier alpha value is -2.03. The molecule has 3 heteroatoms. The normalized spacial score (nSPS) is 14.0. The molecule has 0 spiro atoms. The van der Waals surface area contributed by atoms with Crippen LogP contribution >= 0.6 is 0 Å². The van der Waals surface area contributed by atoms with E-state index < -0.39 is 0 Å². The lowest BCUT2D eigenvalue weighted by Crippen LogP contribution is -2.33. The van der Waals surface area contributed by atoms with Crippen LogP contribution in [0.25, 0.3) is 5.69 Å². The van der Waals surface area contributed by atoms with E-state index in [0.29, 0.717) is 0 Å². The zero-order valence-corrected chi connectivity index (χ0v) is 14.4. The maximum Gasteiger partial charge on any atom is 0.253 e. The second-order valence-electron chi connectivity index (χ2n) is 6.69. The van der Waals surface area contributed by atoms with Crippen LogP contribution in [0.3, 0.4) is 0 Å². The first kappa shape index (κ1) is 15.9. The zero-order chi connectivity index (χ0) is 16.4. The summed E-state index contributed by atoms with van der Waals surface area (Å²) in [5.74, 6) is 0.904. The van der Waals surface area contributed by atoms with Gasteiger partial charge in [0.05, 0.1) is 0 Å². The molecule has 0 unspecified atom stereocenters. The molecular formula is C20H26N2O. The van der Waals surface area contributed by atoms with Crippen molar-refractivity contribution in [3.63, 3.8) is 0 Å². The molecule has 0 saturated heterocycles. The SMILES string of the molecule is CCCN(CC1CC1)C(=O)c1ccc(-n2c(C)ccc2C)cc1. The van der Waals surface area contributed by atoms with Gasteiger partial charge in [0.25, 0.3) is 5.91 Å². The van der Waals surface area contributed by atoms with Gasteiger partial charge >= 0.3 is 0 Å². The van der Waals surface area contributed by atoms with Gasteiger partial charge in [-0.25, -0.2) is 0 Å². The number of benzene rings is 1. The Morgan fingerprint density at radius 3 is 2.22 bits per heavy atom. The summed E-state index contributed by atoms with van der Waals surface area (Å²) in [7, 11) is 0. The van der Waals surface area contributed by atoms with Gasteiger partial charge in [-0.2, -0.15) is 0 Å². The minimum absolute atomic E-state index is 0.172. The monoisotopic (exact) mass is 310 g/mol. The molecule has 1 amide bonds. The van der Waals surface area contributed by atoms with Crippen LogP contribution in [0.5, 0.6) is 0 Å². The van der Waals surface area contributed by atoms with Gasteiger partial charge in [0.2, 0.25) is 0 Å². The van der Waals surface area contributed by atoms with Crippen molar-refractivity contribution in [2.45, 2.75) is 40.0 Å². The van der Waals surface area contributed by atoms with E-state index in [0.717, 1.165) is 36.7 Å². The van der Waals surface area contributed by atoms with Gasteiger partial charge < -0.3 is 9.47 Å². The molecule has 122 valence electrons. The molecule has 1 saturated carbocycles. The molecule has 0 bridgehead atoms. The summed E-state index contributed by atoms with van der Waals surface area (Å²) in [6, 6.07) is 12.3. The van der Waals surface area contributed by atoms with Crippen LogP contribution in [0, 0.1) is 19.8 Å². The predicted molar refractivity (Wildman–Crippen MR) is 94.2 cm³/mol. The predicted octanol–water partition coefficient (Wildman–Crippen LogP) is 4.36. The Kier molecular flexibility index (Phi) is 4.56. The number of aromatic nitrogens is 1. The van der Waals surface area contributed by atoms with Crippen molar-refractivity contribution in [3.8, 4) is 5.69 Å². The van der Waals surface area contributed by atoms with Gasteiger partial charge in [0.1, 0.15) is 0 Å². The van der Waals surface area contributed by atoms with E-state index in [4.69, 9.17) is 0 Å². The van der Waals surface area contributed by atoms with Crippen molar-refractivity contribution in [2.24, 2.45) is 5.92 Å². The fourth-order valence-electron chi connectivity index (χ4n) is 3.17. The third-order valence-corrected chi connectivity index (χ3v) is 4.60. The molecule has 23 heavy (non-hydrogen) atoms. The molecule has 0 aliphatic heterocycles. The van der Waals surface area contributed by atoms with Crippen molar-refractivity contribution < 1.29 is 4.79 Å². The molecule has 1 aromatic heterocycles.